The highest BCUT2D eigenvalue weighted by Gasteiger charge is 2.10. The Balaban J connectivity index is 1.93. The molecule has 0 atom stereocenters. The maximum atomic E-state index is 10.7. The van der Waals surface area contributed by atoms with Crippen LogP contribution in [-0.4, -0.2) is 21.4 Å². The first kappa shape index (κ1) is 12.9. The second-order valence-corrected chi connectivity index (χ2v) is 4.15. The Morgan fingerprint density at radius 3 is 2.89 bits per heavy atom. The molecule has 0 radical (unpaired) electrons. The SMILES string of the molecule is Cc1cc(NCCc2cccnc2)ncc1[N+](=O)[O-]. The zero-order valence-electron chi connectivity index (χ0n) is 10.5. The van der Waals surface area contributed by atoms with Crippen molar-refractivity contribution in [3.8, 4) is 0 Å². The Morgan fingerprint density at radius 2 is 2.26 bits per heavy atom. The fourth-order valence-corrected chi connectivity index (χ4v) is 1.72. The minimum absolute atomic E-state index is 0.0396. The highest BCUT2D eigenvalue weighted by Crippen LogP contribution is 2.18. The number of nitrogens with zero attached hydrogens (tertiary/aromatic N) is 3. The number of aryl methyl sites for hydroxylation is 1. The molecule has 98 valence electrons. The normalized spacial score (nSPS) is 10.2. The molecule has 6 heteroatoms. The van der Waals surface area contributed by atoms with E-state index in [1.807, 2.05) is 18.3 Å². The molecule has 0 bridgehead atoms. The molecule has 0 aromatic carbocycles. The van der Waals surface area contributed by atoms with Crippen LogP contribution in [0.3, 0.4) is 0 Å². The predicted molar refractivity (Wildman–Crippen MR) is 72.1 cm³/mol. The first-order valence-corrected chi connectivity index (χ1v) is 5.90. The lowest BCUT2D eigenvalue weighted by Gasteiger charge is -2.06. The zero-order chi connectivity index (χ0) is 13.7. The van der Waals surface area contributed by atoms with Crippen molar-refractivity contribution in [2.24, 2.45) is 0 Å². The van der Waals surface area contributed by atoms with Gasteiger partial charge in [-0.3, -0.25) is 15.1 Å². The fraction of sp³-hybridized carbons (Fsp3) is 0.231. The number of aromatic nitrogens is 2. The van der Waals surface area contributed by atoms with Crippen LogP contribution in [0.4, 0.5) is 11.5 Å². The topological polar surface area (TPSA) is 81.0 Å². The number of pyridine rings is 2. The van der Waals surface area contributed by atoms with Crippen LogP contribution < -0.4 is 5.32 Å². The summed E-state index contributed by atoms with van der Waals surface area (Å²) in [4.78, 5) is 18.3. The van der Waals surface area contributed by atoms with E-state index in [9.17, 15) is 10.1 Å². The molecule has 0 aliphatic rings. The van der Waals surface area contributed by atoms with Crippen molar-refractivity contribution in [3.05, 3.63) is 58.0 Å². The van der Waals surface area contributed by atoms with Crippen molar-refractivity contribution in [3.63, 3.8) is 0 Å². The van der Waals surface area contributed by atoms with Crippen LogP contribution in [0.25, 0.3) is 0 Å². The van der Waals surface area contributed by atoms with Crippen molar-refractivity contribution in [2.75, 3.05) is 11.9 Å². The molecule has 0 fully saturated rings. The second kappa shape index (κ2) is 5.90. The van der Waals surface area contributed by atoms with Crippen LogP contribution in [0.5, 0.6) is 0 Å². The molecule has 0 spiro atoms. The van der Waals surface area contributed by atoms with Crippen molar-refractivity contribution in [2.45, 2.75) is 13.3 Å². The maximum absolute atomic E-state index is 10.7. The predicted octanol–water partition coefficient (Wildman–Crippen LogP) is 2.35. The van der Waals surface area contributed by atoms with Gasteiger partial charge in [-0.05, 0) is 31.0 Å². The van der Waals surface area contributed by atoms with E-state index >= 15 is 0 Å². The van der Waals surface area contributed by atoms with Gasteiger partial charge in [0.15, 0.2) is 0 Å². The molecule has 0 aliphatic carbocycles. The second-order valence-electron chi connectivity index (χ2n) is 4.15. The summed E-state index contributed by atoms with van der Waals surface area (Å²) in [5, 5.41) is 13.8. The number of rotatable bonds is 5. The quantitative estimate of drug-likeness (QED) is 0.657. The van der Waals surface area contributed by atoms with Gasteiger partial charge in [-0.15, -0.1) is 0 Å². The molecule has 2 aromatic rings. The zero-order valence-corrected chi connectivity index (χ0v) is 10.5. The third kappa shape index (κ3) is 3.48. The van der Waals surface area contributed by atoms with Gasteiger partial charge in [0.25, 0.3) is 5.69 Å². The van der Waals surface area contributed by atoms with Crippen LogP contribution in [0, 0.1) is 17.0 Å². The van der Waals surface area contributed by atoms with Gasteiger partial charge in [0.05, 0.1) is 4.92 Å². The number of nitro groups is 1. The molecular formula is C13H14N4O2. The molecule has 2 aromatic heterocycles. The van der Waals surface area contributed by atoms with Crippen molar-refractivity contribution in [1.29, 1.82) is 0 Å². The Morgan fingerprint density at radius 1 is 1.42 bits per heavy atom. The molecule has 19 heavy (non-hydrogen) atoms. The summed E-state index contributed by atoms with van der Waals surface area (Å²) in [7, 11) is 0. The van der Waals surface area contributed by atoms with E-state index in [0.717, 1.165) is 12.0 Å². The van der Waals surface area contributed by atoms with E-state index in [0.29, 0.717) is 17.9 Å². The first-order valence-electron chi connectivity index (χ1n) is 5.90. The van der Waals surface area contributed by atoms with E-state index < -0.39 is 4.92 Å². The van der Waals surface area contributed by atoms with Crippen molar-refractivity contribution < 1.29 is 4.92 Å². The van der Waals surface area contributed by atoms with Crippen molar-refractivity contribution in [1.82, 2.24) is 9.97 Å². The van der Waals surface area contributed by atoms with E-state index in [2.05, 4.69) is 15.3 Å². The summed E-state index contributed by atoms with van der Waals surface area (Å²) in [5.41, 5.74) is 1.77. The maximum Gasteiger partial charge on any atom is 0.290 e. The number of anilines is 1. The average molecular weight is 258 g/mol. The van der Waals surface area contributed by atoms with Crippen LogP contribution in [0.15, 0.2) is 36.8 Å². The number of hydrogen-bond donors (Lipinski definition) is 1. The highest BCUT2D eigenvalue weighted by atomic mass is 16.6. The van der Waals surface area contributed by atoms with Gasteiger partial charge in [-0.25, -0.2) is 4.98 Å². The molecule has 0 saturated carbocycles. The summed E-state index contributed by atoms with van der Waals surface area (Å²) < 4.78 is 0. The Kier molecular flexibility index (Phi) is 4.02. The van der Waals surface area contributed by atoms with Crippen LogP contribution >= 0.6 is 0 Å². The standard InChI is InChI=1S/C13H14N4O2/c1-10-7-13(16-9-12(10)17(18)19)15-6-4-11-3-2-5-14-8-11/h2-3,5,7-9H,4,6H2,1H3,(H,15,16). The van der Waals surface area contributed by atoms with Gasteiger partial charge < -0.3 is 5.32 Å². The first-order chi connectivity index (χ1) is 9.16. The fourth-order valence-electron chi connectivity index (χ4n) is 1.72. The van der Waals surface area contributed by atoms with Crippen LogP contribution in [-0.2, 0) is 6.42 Å². The third-order valence-electron chi connectivity index (χ3n) is 2.72. The summed E-state index contributed by atoms with van der Waals surface area (Å²) in [6.07, 6.45) is 5.65. The molecule has 6 nitrogen and oxygen atoms in total. The number of hydrogen-bond acceptors (Lipinski definition) is 5. The lowest BCUT2D eigenvalue weighted by atomic mass is 10.2. The molecule has 0 amide bonds. The van der Waals surface area contributed by atoms with E-state index in [-0.39, 0.29) is 5.69 Å². The van der Waals surface area contributed by atoms with Gasteiger partial charge in [-0.1, -0.05) is 6.07 Å². The summed E-state index contributed by atoms with van der Waals surface area (Å²) in [5.74, 6) is 0.645. The van der Waals surface area contributed by atoms with E-state index in [1.54, 1.807) is 19.2 Å². The van der Waals surface area contributed by atoms with Gasteiger partial charge in [0.1, 0.15) is 12.0 Å². The number of nitrogens with one attached hydrogen (secondary N) is 1. The largest absolute Gasteiger partial charge is 0.370 e. The van der Waals surface area contributed by atoms with E-state index in [4.69, 9.17) is 0 Å². The minimum atomic E-state index is -0.429. The van der Waals surface area contributed by atoms with Gasteiger partial charge in [-0.2, -0.15) is 0 Å². The third-order valence-corrected chi connectivity index (χ3v) is 2.72. The molecule has 2 heterocycles. The van der Waals surface area contributed by atoms with Crippen LogP contribution in [0.1, 0.15) is 11.1 Å². The summed E-state index contributed by atoms with van der Waals surface area (Å²) >= 11 is 0. The average Bonchev–Trinajstić information content (AvgIpc) is 2.39. The van der Waals surface area contributed by atoms with Gasteiger partial charge in [0, 0.05) is 24.5 Å². The smallest absolute Gasteiger partial charge is 0.290 e. The molecule has 0 unspecified atom stereocenters. The van der Waals surface area contributed by atoms with E-state index in [1.165, 1.54) is 6.20 Å². The molecule has 0 saturated heterocycles. The van der Waals surface area contributed by atoms with Crippen LogP contribution in [0.2, 0.25) is 0 Å². The minimum Gasteiger partial charge on any atom is -0.370 e. The Labute approximate surface area is 110 Å². The lowest BCUT2D eigenvalue weighted by molar-refractivity contribution is -0.385. The molecule has 2 rings (SSSR count). The Hall–Kier alpha value is -2.50. The Bertz CT molecular complexity index is 572. The summed E-state index contributed by atoms with van der Waals surface area (Å²) in [6.45, 7) is 2.40. The molecular weight excluding hydrogens is 244 g/mol. The molecule has 1 N–H and O–H groups in total. The van der Waals surface area contributed by atoms with Gasteiger partial charge >= 0.3 is 0 Å². The summed E-state index contributed by atoms with van der Waals surface area (Å²) in [6, 6.07) is 5.58. The van der Waals surface area contributed by atoms with Crippen molar-refractivity contribution >= 4 is 11.5 Å². The molecule has 0 aliphatic heterocycles. The van der Waals surface area contributed by atoms with Gasteiger partial charge in [0.2, 0.25) is 0 Å². The lowest BCUT2D eigenvalue weighted by Crippen LogP contribution is -2.07. The monoisotopic (exact) mass is 258 g/mol. The highest BCUT2D eigenvalue weighted by molar-refractivity contribution is 5.46.